The molecule has 1 aliphatic heterocycles. The Morgan fingerprint density at radius 2 is 2.29 bits per heavy atom. The predicted molar refractivity (Wildman–Crippen MR) is 58.1 cm³/mol. The molecular formula is C10H8ClNO5. The Labute approximate surface area is 101 Å². The van der Waals surface area contributed by atoms with Crippen LogP contribution in [0.2, 0.25) is 5.02 Å². The molecule has 1 aliphatic rings. The van der Waals surface area contributed by atoms with Gasteiger partial charge >= 0.3 is 5.97 Å². The van der Waals surface area contributed by atoms with Crippen LogP contribution in [-0.2, 0) is 9.53 Å². The number of carbonyl (C=O) groups excluding carboxylic acids is 1. The van der Waals surface area contributed by atoms with Crippen molar-refractivity contribution < 1.29 is 19.2 Å². The molecule has 1 aromatic rings. The minimum absolute atomic E-state index is 0.0962. The monoisotopic (exact) mass is 257 g/mol. The number of hydrogen-bond donors (Lipinski definition) is 0. The fourth-order valence-electron chi connectivity index (χ4n) is 1.44. The summed E-state index contributed by atoms with van der Waals surface area (Å²) in [6, 6.07) is 3.81. The van der Waals surface area contributed by atoms with E-state index in [2.05, 4.69) is 0 Å². The molecule has 1 atom stereocenters. The number of rotatable bonds is 3. The van der Waals surface area contributed by atoms with Gasteiger partial charge in [0.25, 0.3) is 5.69 Å². The number of nitrogens with zero attached hydrogens (tertiary/aromatic N) is 1. The van der Waals surface area contributed by atoms with Gasteiger partial charge in [0.15, 0.2) is 6.10 Å². The third kappa shape index (κ3) is 2.47. The maximum absolute atomic E-state index is 11.2. The molecule has 6 nitrogen and oxygen atoms in total. The first-order chi connectivity index (χ1) is 8.08. The van der Waals surface area contributed by atoms with Crippen molar-refractivity contribution in [1.29, 1.82) is 0 Å². The Morgan fingerprint density at radius 1 is 1.53 bits per heavy atom. The summed E-state index contributed by atoms with van der Waals surface area (Å²) in [5.74, 6) is -0.208. The number of carbonyl (C=O) groups is 1. The van der Waals surface area contributed by atoms with E-state index in [4.69, 9.17) is 21.1 Å². The van der Waals surface area contributed by atoms with Crippen molar-refractivity contribution >= 4 is 23.3 Å². The number of nitro groups is 1. The zero-order chi connectivity index (χ0) is 12.4. The molecule has 0 unspecified atom stereocenters. The van der Waals surface area contributed by atoms with Crippen molar-refractivity contribution in [2.45, 2.75) is 12.5 Å². The van der Waals surface area contributed by atoms with Crippen LogP contribution in [0.25, 0.3) is 0 Å². The Kier molecular flexibility index (Phi) is 3.14. The van der Waals surface area contributed by atoms with Gasteiger partial charge in [-0.05, 0) is 6.07 Å². The van der Waals surface area contributed by atoms with E-state index in [1.807, 2.05) is 0 Å². The molecule has 0 radical (unpaired) electrons. The highest BCUT2D eigenvalue weighted by molar-refractivity contribution is 6.32. The van der Waals surface area contributed by atoms with Crippen LogP contribution in [0, 0.1) is 10.1 Å². The molecule has 17 heavy (non-hydrogen) atoms. The lowest BCUT2D eigenvalue weighted by molar-refractivity contribution is -0.384. The van der Waals surface area contributed by atoms with Crippen LogP contribution in [0.1, 0.15) is 6.42 Å². The summed E-state index contributed by atoms with van der Waals surface area (Å²) in [5.41, 5.74) is -0.128. The van der Waals surface area contributed by atoms with Crippen LogP contribution in [0.15, 0.2) is 18.2 Å². The number of halogens is 1. The SMILES string of the molecule is O=C1OCC[C@H]1Oc1ccc([N+](=O)[O-])cc1Cl. The quantitative estimate of drug-likeness (QED) is 0.470. The van der Waals surface area contributed by atoms with Gasteiger partial charge in [0, 0.05) is 18.6 Å². The first kappa shape index (κ1) is 11.7. The van der Waals surface area contributed by atoms with E-state index in [1.54, 1.807) is 0 Å². The lowest BCUT2D eigenvalue weighted by Gasteiger charge is -2.10. The molecule has 0 bridgehead atoms. The Balaban J connectivity index is 2.16. The van der Waals surface area contributed by atoms with Gasteiger partial charge in [-0.25, -0.2) is 4.79 Å². The number of esters is 1. The second-order valence-corrected chi connectivity index (χ2v) is 3.84. The van der Waals surface area contributed by atoms with Crippen molar-refractivity contribution in [3.63, 3.8) is 0 Å². The van der Waals surface area contributed by atoms with E-state index >= 15 is 0 Å². The molecule has 1 aromatic carbocycles. The van der Waals surface area contributed by atoms with Crippen LogP contribution in [-0.4, -0.2) is 23.6 Å². The largest absolute Gasteiger partial charge is 0.477 e. The van der Waals surface area contributed by atoms with Crippen molar-refractivity contribution in [2.24, 2.45) is 0 Å². The Bertz CT molecular complexity index is 476. The fraction of sp³-hybridized carbons (Fsp3) is 0.300. The fourth-order valence-corrected chi connectivity index (χ4v) is 1.66. The molecule has 0 amide bonds. The van der Waals surface area contributed by atoms with E-state index < -0.39 is 17.0 Å². The molecule has 7 heteroatoms. The summed E-state index contributed by atoms with van der Waals surface area (Å²) < 4.78 is 10.0. The third-order valence-corrected chi connectivity index (χ3v) is 2.58. The summed E-state index contributed by atoms with van der Waals surface area (Å²) in [4.78, 5) is 21.1. The van der Waals surface area contributed by atoms with Gasteiger partial charge < -0.3 is 9.47 Å². The highest BCUT2D eigenvalue weighted by Crippen LogP contribution is 2.30. The topological polar surface area (TPSA) is 78.7 Å². The molecule has 0 N–H and O–H groups in total. The lowest BCUT2D eigenvalue weighted by atomic mass is 10.3. The van der Waals surface area contributed by atoms with Crippen LogP contribution >= 0.6 is 11.6 Å². The van der Waals surface area contributed by atoms with Gasteiger partial charge in [-0.15, -0.1) is 0 Å². The van der Waals surface area contributed by atoms with E-state index in [-0.39, 0.29) is 16.5 Å². The average Bonchev–Trinajstić information content (AvgIpc) is 2.67. The summed E-state index contributed by atoms with van der Waals surface area (Å²) in [5, 5.41) is 10.6. The van der Waals surface area contributed by atoms with Crippen molar-refractivity contribution in [1.82, 2.24) is 0 Å². The molecule has 1 saturated heterocycles. The highest BCUT2D eigenvalue weighted by atomic mass is 35.5. The van der Waals surface area contributed by atoms with Gasteiger partial charge in [-0.3, -0.25) is 10.1 Å². The minimum Gasteiger partial charge on any atom is -0.477 e. The van der Waals surface area contributed by atoms with Gasteiger partial charge in [-0.1, -0.05) is 11.6 Å². The predicted octanol–water partition coefficient (Wildman–Crippen LogP) is 1.94. The number of hydrogen-bond acceptors (Lipinski definition) is 5. The standard InChI is InChI=1S/C10H8ClNO5/c11-7-5-6(12(14)15)1-2-8(7)17-9-3-4-16-10(9)13/h1-2,5,9H,3-4H2/t9-/m1/s1. The lowest BCUT2D eigenvalue weighted by Crippen LogP contribution is -2.21. The Hall–Kier alpha value is -1.82. The zero-order valence-electron chi connectivity index (χ0n) is 8.59. The van der Waals surface area contributed by atoms with Gasteiger partial charge in [0.2, 0.25) is 0 Å². The number of benzene rings is 1. The van der Waals surface area contributed by atoms with Crippen LogP contribution in [0.4, 0.5) is 5.69 Å². The van der Waals surface area contributed by atoms with E-state index in [0.717, 1.165) is 0 Å². The van der Waals surface area contributed by atoms with Crippen molar-refractivity contribution in [2.75, 3.05) is 6.61 Å². The number of ether oxygens (including phenoxy) is 2. The third-order valence-electron chi connectivity index (χ3n) is 2.28. The van der Waals surface area contributed by atoms with Gasteiger partial charge in [0.1, 0.15) is 5.75 Å². The van der Waals surface area contributed by atoms with E-state index in [9.17, 15) is 14.9 Å². The Morgan fingerprint density at radius 3 is 2.82 bits per heavy atom. The molecule has 2 rings (SSSR count). The summed E-state index contributed by atoms with van der Waals surface area (Å²) in [7, 11) is 0. The zero-order valence-corrected chi connectivity index (χ0v) is 9.35. The van der Waals surface area contributed by atoms with Crippen LogP contribution < -0.4 is 4.74 Å². The second kappa shape index (κ2) is 4.58. The second-order valence-electron chi connectivity index (χ2n) is 3.43. The molecule has 1 heterocycles. The minimum atomic E-state index is -0.686. The smallest absolute Gasteiger partial charge is 0.347 e. The molecule has 1 fully saturated rings. The van der Waals surface area contributed by atoms with Gasteiger partial charge in [0.05, 0.1) is 16.6 Å². The molecular weight excluding hydrogens is 250 g/mol. The van der Waals surface area contributed by atoms with Crippen LogP contribution in [0.3, 0.4) is 0 Å². The summed E-state index contributed by atoms with van der Waals surface area (Å²) in [6.45, 7) is 0.314. The molecule has 0 saturated carbocycles. The molecule has 0 aromatic heterocycles. The normalized spacial score (nSPS) is 18.9. The number of cyclic esters (lactones) is 1. The molecule has 0 spiro atoms. The molecule has 90 valence electrons. The maximum atomic E-state index is 11.2. The van der Waals surface area contributed by atoms with Crippen molar-refractivity contribution in [3.05, 3.63) is 33.3 Å². The summed E-state index contributed by atoms with van der Waals surface area (Å²) in [6.07, 6.45) is -0.236. The maximum Gasteiger partial charge on any atom is 0.347 e. The first-order valence-electron chi connectivity index (χ1n) is 4.85. The number of non-ortho nitro benzene ring substituents is 1. The van der Waals surface area contributed by atoms with E-state index in [0.29, 0.717) is 13.0 Å². The van der Waals surface area contributed by atoms with Crippen molar-refractivity contribution in [3.8, 4) is 5.75 Å². The number of nitro benzene ring substituents is 1. The molecule has 0 aliphatic carbocycles. The highest BCUT2D eigenvalue weighted by Gasteiger charge is 2.29. The first-order valence-corrected chi connectivity index (χ1v) is 5.23. The van der Waals surface area contributed by atoms with E-state index in [1.165, 1.54) is 18.2 Å². The summed E-state index contributed by atoms with van der Waals surface area (Å²) >= 11 is 5.82. The average molecular weight is 258 g/mol. The van der Waals surface area contributed by atoms with Crippen LogP contribution in [0.5, 0.6) is 5.75 Å². The van der Waals surface area contributed by atoms with Gasteiger partial charge in [-0.2, -0.15) is 0 Å².